The number of hydrogen-bond donors (Lipinski definition) is 0. The normalized spacial score (nSPS) is 27.2. The first-order chi connectivity index (χ1) is 12.1. The molecule has 0 bridgehead atoms. The van der Waals surface area contributed by atoms with Crippen LogP contribution in [0.3, 0.4) is 0 Å². The van der Waals surface area contributed by atoms with Crippen molar-refractivity contribution in [1.82, 2.24) is 5.23 Å². The lowest BCUT2D eigenvalue weighted by Gasteiger charge is -2.49. The fourth-order valence-corrected chi connectivity index (χ4v) is 3.36. The molecule has 5 heteroatoms. The van der Waals surface area contributed by atoms with Gasteiger partial charge < -0.3 is 9.94 Å². The molecule has 0 amide bonds. The predicted octanol–water partition coefficient (Wildman–Crippen LogP) is 3.65. The Balaban J connectivity index is 1.85. The summed E-state index contributed by atoms with van der Waals surface area (Å²) >= 11 is 0. The highest BCUT2D eigenvalue weighted by Gasteiger charge is 2.44. The lowest BCUT2D eigenvalue weighted by atomic mass is 9.78. The van der Waals surface area contributed by atoms with E-state index in [9.17, 15) is 10.0 Å². The summed E-state index contributed by atoms with van der Waals surface area (Å²) in [5, 5.41) is 12.8. The number of rotatable bonds is 5. The molecule has 0 aliphatic carbocycles. The van der Waals surface area contributed by atoms with E-state index in [0.717, 1.165) is 11.1 Å². The van der Waals surface area contributed by atoms with Gasteiger partial charge in [-0.05, 0) is 25.0 Å². The zero-order valence-electron chi connectivity index (χ0n) is 14.4. The Hall–Kier alpha value is -2.05. The van der Waals surface area contributed by atoms with Crippen LogP contribution < -0.4 is 0 Å². The van der Waals surface area contributed by atoms with Gasteiger partial charge in [0.1, 0.15) is 5.78 Å². The Morgan fingerprint density at radius 3 is 2.32 bits per heavy atom. The molecular weight excluding hydrogens is 318 g/mol. The molecule has 0 saturated carbocycles. The van der Waals surface area contributed by atoms with Gasteiger partial charge in [0.25, 0.3) is 0 Å². The van der Waals surface area contributed by atoms with Crippen LogP contribution >= 0.6 is 0 Å². The molecule has 1 saturated heterocycles. The van der Waals surface area contributed by atoms with E-state index >= 15 is 0 Å². The van der Waals surface area contributed by atoms with Gasteiger partial charge in [0.2, 0.25) is 0 Å². The molecule has 3 rings (SSSR count). The number of ketones is 1. The summed E-state index contributed by atoms with van der Waals surface area (Å²) in [4.78, 5) is 17.8. The molecule has 25 heavy (non-hydrogen) atoms. The van der Waals surface area contributed by atoms with Gasteiger partial charge >= 0.3 is 0 Å². The summed E-state index contributed by atoms with van der Waals surface area (Å²) in [5.74, 6) is -0.871. The highest BCUT2D eigenvalue weighted by atomic mass is 16.9. The van der Waals surface area contributed by atoms with Crippen LogP contribution in [-0.2, 0) is 21.0 Å². The van der Waals surface area contributed by atoms with Crippen LogP contribution in [0, 0.1) is 11.1 Å². The summed E-state index contributed by atoms with van der Waals surface area (Å²) in [6.07, 6.45) is -0.906. The molecule has 1 fully saturated rings. The molecule has 0 N–H and O–H groups in total. The van der Waals surface area contributed by atoms with Gasteiger partial charge in [-0.3, -0.25) is 14.9 Å². The van der Waals surface area contributed by atoms with Crippen LogP contribution in [0.4, 0.5) is 0 Å². The minimum Gasteiger partial charge on any atom is -0.762 e. The molecular formula is C20H22NO4-. The molecule has 2 aromatic carbocycles. The number of carbonyl (C=O) groups excluding carboxylic acids is 1. The monoisotopic (exact) mass is 340 g/mol. The number of hydrogen-bond acceptors (Lipinski definition) is 5. The summed E-state index contributed by atoms with van der Waals surface area (Å²) in [6.45, 7) is 3.57. The predicted molar refractivity (Wildman–Crippen MR) is 94.1 cm³/mol. The molecule has 1 heterocycles. The van der Waals surface area contributed by atoms with Crippen LogP contribution in [0.5, 0.6) is 0 Å². The highest BCUT2D eigenvalue weighted by molar-refractivity contribution is 5.80. The topological polar surface area (TPSA) is 61.8 Å². The highest BCUT2D eigenvalue weighted by Crippen LogP contribution is 2.39. The molecule has 4 atom stereocenters. The van der Waals surface area contributed by atoms with Crippen molar-refractivity contribution in [2.75, 3.05) is 0 Å². The molecule has 1 aliphatic heterocycles. The van der Waals surface area contributed by atoms with Crippen molar-refractivity contribution in [2.24, 2.45) is 5.92 Å². The lowest BCUT2D eigenvalue weighted by Crippen LogP contribution is -2.52. The summed E-state index contributed by atoms with van der Waals surface area (Å²) in [5.41, 5.74) is 1.90. The number of Topliss-reactive ketones (excluding diaryl/α,β-unsaturated/α-hetero) is 1. The second kappa shape index (κ2) is 7.89. The SMILES string of the molecule is CC(=O)C1C(OCc2ccccc2)ON([O-])C(C)C1c1ccccc1. The van der Waals surface area contributed by atoms with Crippen molar-refractivity contribution in [3.8, 4) is 0 Å². The maximum Gasteiger partial charge on any atom is 0.187 e. The average Bonchev–Trinajstić information content (AvgIpc) is 2.63. The van der Waals surface area contributed by atoms with Gasteiger partial charge in [0, 0.05) is 12.0 Å². The number of benzene rings is 2. The third kappa shape index (κ3) is 3.96. The molecule has 1 aliphatic rings. The Bertz CT molecular complexity index is 691. The molecule has 0 spiro atoms. The standard InChI is InChI=1S/C20H22NO4/c1-14-18(17-11-7-4-8-12-17)19(15(2)22)20(25-21(14)23)24-13-16-9-5-3-6-10-16/h3-12,14,18-20H,13H2,1-2H3/q-1. The fraction of sp³-hybridized carbons (Fsp3) is 0.350. The first kappa shape index (κ1) is 17.8. The van der Waals surface area contributed by atoms with Crippen LogP contribution in [0.1, 0.15) is 30.9 Å². The Morgan fingerprint density at radius 1 is 1.12 bits per heavy atom. The van der Waals surface area contributed by atoms with Crippen LogP contribution in [0.25, 0.3) is 0 Å². The van der Waals surface area contributed by atoms with Crippen LogP contribution in [0.2, 0.25) is 0 Å². The van der Waals surface area contributed by atoms with Crippen molar-refractivity contribution in [3.05, 3.63) is 77.0 Å². The third-order valence-electron chi connectivity index (χ3n) is 4.65. The molecule has 0 radical (unpaired) electrons. The molecule has 132 valence electrons. The molecule has 4 unspecified atom stereocenters. The Morgan fingerprint density at radius 2 is 1.72 bits per heavy atom. The number of ether oxygens (including phenoxy) is 1. The quantitative estimate of drug-likeness (QED) is 0.831. The maximum absolute atomic E-state index is 12.4. The Labute approximate surface area is 147 Å². The van der Waals surface area contributed by atoms with E-state index in [1.54, 1.807) is 6.92 Å². The van der Waals surface area contributed by atoms with Crippen LogP contribution in [0.15, 0.2) is 60.7 Å². The minimum atomic E-state index is -0.906. The van der Waals surface area contributed by atoms with E-state index < -0.39 is 18.2 Å². The maximum atomic E-state index is 12.4. The van der Waals surface area contributed by atoms with Crippen molar-refractivity contribution in [3.63, 3.8) is 0 Å². The molecule has 2 aromatic rings. The molecule has 0 aromatic heterocycles. The summed E-state index contributed by atoms with van der Waals surface area (Å²) < 4.78 is 5.83. The third-order valence-corrected chi connectivity index (χ3v) is 4.65. The van der Waals surface area contributed by atoms with Crippen molar-refractivity contribution >= 4 is 5.78 Å². The van der Waals surface area contributed by atoms with E-state index in [-0.39, 0.29) is 18.3 Å². The zero-order valence-corrected chi connectivity index (χ0v) is 14.4. The van der Waals surface area contributed by atoms with Gasteiger partial charge in [0.05, 0.1) is 12.5 Å². The zero-order chi connectivity index (χ0) is 17.8. The van der Waals surface area contributed by atoms with Crippen molar-refractivity contribution in [2.45, 2.75) is 38.7 Å². The second-order valence-electron chi connectivity index (χ2n) is 6.37. The van der Waals surface area contributed by atoms with Crippen molar-refractivity contribution < 1.29 is 14.4 Å². The van der Waals surface area contributed by atoms with E-state index in [1.807, 2.05) is 60.7 Å². The first-order valence-corrected chi connectivity index (χ1v) is 8.42. The van der Waals surface area contributed by atoms with Gasteiger partial charge in [-0.25, -0.2) is 0 Å². The Kier molecular flexibility index (Phi) is 5.60. The van der Waals surface area contributed by atoms with E-state index in [0.29, 0.717) is 5.23 Å². The van der Waals surface area contributed by atoms with E-state index in [1.165, 1.54) is 6.92 Å². The fourth-order valence-electron chi connectivity index (χ4n) is 3.36. The summed E-state index contributed by atoms with van der Waals surface area (Å²) in [6, 6.07) is 18.7. The number of nitrogens with zero attached hydrogens (tertiary/aromatic N) is 1. The minimum absolute atomic E-state index is 0.0492. The number of carbonyl (C=O) groups is 1. The van der Waals surface area contributed by atoms with Gasteiger partial charge in [0.15, 0.2) is 6.29 Å². The first-order valence-electron chi connectivity index (χ1n) is 8.42. The summed E-state index contributed by atoms with van der Waals surface area (Å²) in [7, 11) is 0. The van der Waals surface area contributed by atoms with E-state index in [2.05, 4.69) is 0 Å². The number of hydroxylamine groups is 2. The van der Waals surface area contributed by atoms with Crippen LogP contribution in [-0.4, -0.2) is 23.3 Å². The van der Waals surface area contributed by atoms with Gasteiger partial charge in [-0.2, -0.15) is 0 Å². The largest absolute Gasteiger partial charge is 0.762 e. The van der Waals surface area contributed by atoms with Gasteiger partial charge in [-0.15, -0.1) is 0 Å². The molecule has 5 nitrogen and oxygen atoms in total. The lowest BCUT2D eigenvalue weighted by molar-refractivity contribution is -0.321. The smallest absolute Gasteiger partial charge is 0.187 e. The second-order valence-corrected chi connectivity index (χ2v) is 6.37. The van der Waals surface area contributed by atoms with Gasteiger partial charge in [-0.1, -0.05) is 60.7 Å². The average molecular weight is 340 g/mol. The van der Waals surface area contributed by atoms with E-state index in [4.69, 9.17) is 9.57 Å². The van der Waals surface area contributed by atoms with Crippen molar-refractivity contribution in [1.29, 1.82) is 0 Å².